The highest BCUT2D eigenvalue weighted by atomic mass is 15.4. The van der Waals surface area contributed by atoms with Crippen LogP contribution in [-0.2, 0) is 0 Å². The summed E-state index contributed by atoms with van der Waals surface area (Å²) in [7, 11) is 0. The zero-order valence-corrected chi connectivity index (χ0v) is 27.3. The standard InChI is InChI=1S/C37H46N8/c1-8-32-9-11-33(12-10-32)23-41-29(5)45-30(6)42-24-36-17-13-34(14-18-36)21-39-27(3)44(26(2)38)28(4)40-22-35-15-19-37(20-16-35)25-43-31(45)7/h8-31H,1,38H2,2-7H3. The van der Waals surface area contributed by atoms with Gasteiger partial charge in [0.05, 0.1) is 6.17 Å². The lowest BCUT2D eigenvalue weighted by molar-refractivity contribution is 0.116. The van der Waals surface area contributed by atoms with Gasteiger partial charge in [-0.1, -0.05) is 85.5 Å². The summed E-state index contributed by atoms with van der Waals surface area (Å²) in [5.74, 6) is 0. The van der Waals surface area contributed by atoms with Gasteiger partial charge in [0.15, 0.2) is 0 Å². The molecule has 45 heavy (non-hydrogen) atoms. The maximum absolute atomic E-state index is 6.34. The monoisotopic (exact) mass is 602 g/mol. The number of hydrogen-bond acceptors (Lipinski definition) is 8. The minimum atomic E-state index is -0.215. The van der Waals surface area contributed by atoms with Crippen LogP contribution >= 0.6 is 0 Å². The Morgan fingerprint density at radius 1 is 0.600 bits per heavy atom. The topological polar surface area (TPSA) is 94.3 Å². The maximum atomic E-state index is 6.34. The Balaban J connectivity index is 1.66. The SMILES string of the molecule is C=Cc1ccc(C=NC(C)N2C(C)N=Cc3ccc(cc3)C=NC(C)N(C(C)N)C(C)N=Cc3ccc(cc3)C=NC2C)cc1. The summed E-state index contributed by atoms with van der Waals surface area (Å²) in [5.41, 5.74) is 12.5. The fourth-order valence-electron chi connectivity index (χ4n) is 5.34. The number of benzene rings is 3. The first-order valence-corrected chi connectivity index (χ1v) is 15.5. The van der Waals surface area contributed by atoms with Crippen LogP contribution in [0, 0.1) is 0 Å². The number of nitrogens with two attached hydrogens (primary N) is 1. The third-order valence-electron chi connectivity index (χ3n) is 7.87. The van der Waals surface area contributed by atoms with Gasteiger partial charge in [0.1, 0.15) is 30.8 Å². The smallest absolute Gasteiger partial charge is 0.102 e. The van der Waals surface area contributed by atoms with E-state index in [0.29, 0.717) is 0 Å². The molecule has 0 saturated carbocycles. The highest BCUT2D eigenvalue weighted by molar-refractivity contribution is 5.85. The average molecular weight is 603 g/mol. The molecule has 3 aromatic rings. The van der Waals surface area contributed by atoms with Gasteiger partial charge in [0.2, 0.25) is 0 Å². The van der Waals surface area contributed by atoms with Gasteiger partial charge in [-0.15, -0.1) is 0 Å². The number of rotatable bonds is 5. The van der Waals surface area contributed by atoms with Crippen molar-refractivity contribution >= 4 is 37.1 Å². The van der Waals surface area contributed by atoms with Crippen molar-refractivity contribution in [2.75, 3.05) is 0 Å². The highest BCUT2D eigenvalue weighted by Gasteiger charge is 2.24. The third kappa shape index (κ3) is 9.56. The van der Waals surface area contributed by atoms with E-state index >= 15 is 0 Å². The Morgan fingerprint density at radius 3 is 1.27 bits per heavy atom. The Labute approximate surface area is 268 Å². The summed E-state index contributed by atoms with van der Waals surface area (Å²) in [6.07, 6.45) is 10.3. The first-order chi connectivity index (χ1) is 21.6. The van der Waals surface area contributed by atoms with E-state index in [1.807, 2.05) is 131 Å². The van der Waals surface area contributed by atoms with Crippen molar-refractivity contribution in [2.45, 2.75) is 78.5 Å². The molecule has 6 unspecified atom stereocenters. The van der Waals surface area contributed by atoms with Crippen LogP contribution in [0.5, 0.6) is 0 Å². The van der Waals surface area contributed by atoms with E-state index in [-0.39, 0.29) is 37.0 Å². The predicted molar refractivity (Wildman–Crippen MR) is 192 cm³/mol. The molecule has 4 bridgehead atoms. The van der Waals surface area contributed by atoms with Gasteiger partial charge in [-0.25, -0.2) is 9.80 Å². The predicted octanol–water partition coefficient (Wildman–Crippen LogP) is 6.48. The Bertz CT molecular complexity index is 1440. The first-order valence-electron chi connectivity index (χ1n) is 15.5. The van der Waals surface area contributed by atoms with Crippen molar-refractivity contribution in [3.8, 4) is 0 Å². The van der Waals surface area contributed by atoms with Crippen molar-refractivity contribution in [3.63, 3.8) is 0 Å². The Hall–Kier alpha value is -4.37. The van der Waals surface area contributed by atoms with Crippen LogP contribution in [0.4, 0.5) is 0 Å². The minimum Gasteiger partial charge on any atom is -0.316 e. The van der Waals surface area contributed by atoms with E-state index in [9.17, 15) is 0 Å². The quantitative estimate of drug-likeness (QED) is 0.339. The molecule has 6 atom stereocenters. The van der Waals surface area contributed by atoms with E-state index in [0.717, 1.165) is 33.4 Å². The van der Waals surface area contributed by atoms with E-state index in [4.69, 9.17) is 30.7 Å². The summed E-state index contributed by atoms with van der Waals surface area (Å²) in [4.78, 5) is 28.6. The number of nitrogens with zero attached hydrogens (tertiary/aromatic N) is 7. The molecule has 0 aromatic heterocycles. The van der Waals surface area contributed by atoms with Gasteiger partial charge >= 0.3 is 0 Å². The van der Waals surface area contributed by atoms with Gasteiger partial charge in [0.25, 0.3) is 0 Å². The van der Waals surface area contributed by atoms with Gasteiger partial charge in [0, 0.05) is 31.1 Å². The largest absolute Gasteiger partial charge is 0.316 e. The molecule has 0 saturated heterocycles. The number of hydrogen-bond donors (Lipinski definition) is 1. The second-order valence-corrected chi connectivity index (χ2v) is 11.4. The molecular formula is C37H46N8. The molecule has 8 nitrogen and oxygen atoms in total. The fourth-order valence-corrected chi connectivity index (χ4v) is 5.34. The molecular weight excluding hydrogens is 556 g/mol. The summed E-state index contributed by atoms with van der Waals surface area (Å²) in [5, 5.41) is 0. The molecule has 0 fully saturated rings. The van der Waals surface area contributed by atoms with Crippen LogP contribution < -0.4 is 5.73 Å². The highest BCUT2D eigenvalue weighted by Crippen LogP contribution is 2.17. The lowest BCUT2D eigenvalue weighted by Crippen LogP contribution is -2.49. The molecule has 7 rings (SSSR count). The summed E-state index contributed by atoms with van der Waals surface area (Å²) in [6.45, 7) is 16.1. The van der Waals surface area contributed by atoms with Crippen LogP contribution in [0.1, 0.15) is 74.9 Å². The van der Waals surface area contributed by atoms with Crippen molar-refractivity contribution in [1.82, 2.24) is 9.80 Å². The van der Waals surface area contributed by atoms with Crippen molar-refractivity contribution in [2.24, 2.45) is 30.7 Å². The molecule has 4 aliphatic rings. The van der Waals surface area contributed by atoms with Crippen LogP contribution in [0.25, 0.3) is 6.08 Å². The molecule has 0 amide bonds. The second-order valence-electron chi connectivity index (χ2n) is 11.4. The zero-order chi connectivity index (χ0) is 32.3. The average Bonchev–Trinajstić information content (AvgIpc) is 3.04. The molecule has 4 heterocycles. The molecule has 0 spiro atoms. The van der Waals surface area contributed by atoms with E-state index in [1.165, 1.54) is 0 Å². The fraction of sp³-hybridized carbons (Fsp3) is 0.324. The Kier molecular flexibility index (Phi) is 12.0. The molecule has 234 valence electrons. The van der Waals surface area contributed by atoms with Gasteiger partial charge in [-0.3, -0.25) is 25.0 Å². The van der Waals surface area contributed by atoms with E-state index < -0.39 is 0 Å². The van der Waals surface area contributed by atoms with Gasteiger partial charge in [-0.05, 0) is 74.9 Å². The molecule has 3 aromatic carbocycles. The van der Waals surface area contributed by atoms with Crippen LogP contribution in [0.15, 0.2) is 104 Å². The summed E-state index contributed by atoms with van der Waals surface area (Å²) < 4.78 is 0. The van der Waals surface area contributed by atoms with E-state index in [2.05, 4.69) is 37.1 Å². The van der Waals surface area contributed by atoms with Crippen molar-refractivity contribution < 1.29 is 0 Å². The van der Waals surface area contributed by atoms with Crippen molar-refractivity contribution in [1.29, 1.82) is 0 Å². The third-order valence-corrected chi connectivity index (χ3v) is 7.87. The molecule has 2 N–H and O–H groups in total. The van der Waals surface area contributed by atoms with Crippen molar-refractivity contribution in [3.05, 3.63) is 113 Å². The van der Waals surface area contributed by atoms with E-state index in [1.54, 1.807) is 0 Å². The summed E-state index contributed by atoms with van der Waals surface area (Å²) >= 11 is 0. The minimum absolute atomic E-state index is 0.153. The van der Waals surface area contributed by atoms with Crippen LogP contribution in [0.2, 0.25) is 0 Å². The Morgan fingerprint density at radius 2 is 0.933 bits per heavy atom. The normalized spacial score (nSPS) is 23.2. The lowest BCUT2D eigenvalue weighted by Gasteiger charge is -2.33. The maximum Gasteiger partial charge on any atom is 0.102 e. The summed E-state index contributed by atoms with van der Waals surface area (Å²) in [6, 6.07) is 24.5. The first kappa shape index (κ1) is 33.5. The lowest BCUT2D eigenvalue weighted by atomic mass is 10.1. The molecule has 0 radical (unpaired) electrons. The van der Waals surface area contributed by atoms with Crippen LogP contribution in [0.3, 0.4) is 0 Å². The van der Waals surface area contributed by atoms with Gasteiger partial charge in [-0.2, -0.15) is 0 Å². The second kappa shape index (κ2) is 16.1. The van der Waals surface area contributed by atoms with Crippen LogP contribution in [-0.4, -0.2) is 77.9 Å². The molecule has 4 aliphatic heterocycles. The van der Waals surface area contributed by atoms with Gasteiger partial charge < -0.3 is 5.73 Å². The molecule has 0 aliphatic carbocycles. The molecule has 8 heteroatoms. The zero-order valence-electron chi connectivity index (χ0n) is 27.3. The number of aliphatic imine (C=N–C) groups is 5.